The van der Waals surface area contributed by atoms with Crippen molar-refractivity contribution < 1.29 is 28.6 Å². The lowest BCUT2D eigenvalue weighted by Gasteiger charge is -2.18. The van der Waals surface area contributed by atoms with Crippen molar-refractivity contribution in [1.82, 2.24) is 0 Å². The van der Waals surface area contributed by atoms with Crippen LogP contribution in [0.2, 0.25) is 0 Å². The molecule has 0 aromatic rings. The van der Waals surface area contributed by atoms with E-state index in [9.17, 15) is 14.4 Å². The van der Waals surface area contributed by atoms with Crippen LogP contribution in [0, 0.1) is 0 Å². The number of rotatable bonds is 53. The first-order valence-electron chi connectivity index (χ1n) is 29.4. The maximum atomic E-state index is 12.8. The number of hydrogen-bond donors (Lipinski definition) is 0. The molecule has 0 bridgehead atoms. The summed E-state index contributed by atoms with van der Waals surface area (Å²) in [6, 6.07) is 0. The van der Waals surface area contributed by atoms with Gasteiger partial charge in [-0.25, -0.2) is 0 Å². The summed E-state index contributed by atoms with van der Waals surface area (Å²) >= 11 is 0. The van der Waals surface area contributed by atoms with Crippen molar-refractivity contribution in [2.75, 3.05) is 13.2 Å². The van der Waals surface area contributed by atoms with Gasteiger partial charge in [-0.2, -0.15) is 0 Å². The molecule has 0 spiro atoms. The summed E-state index contributed by atoms with van der Waals surface area (Å²) in [5, 5.41) is 0. The third-order valence-electron chi connectivity index (χ3n) is 12.7. The van der Waals surface area contributed by atoms with Crippen LogP contribution in [0.1, 0.15) is 290 Å². The number of unbranched alkanes of at least 4 members (excludes halogenated alkanes) is 30. The molecule has 0 aromatic heterocycles. The Balaban J connectivity index is 4.38. The standard InChI is InChI=1S/C63H110O6/c1-4-7-10-13-16-19-22-25-28-29-30-31-32-33-36-38-41-44-47-50-53-56-62(65)68-59-60(69-63(66)57-54-51-48-45-42-39-35-27-24-21-18-15-12-9-6-3)58-67-61(64)55-52-49-46-43-40-37-34-26-23-20-17-14-11-8-5-2/h8,11,17-18,20-21,26-27,34-35,40,43,60H,4-7,9-10,12-16,19,22-25,28-33,36-39,41-42,44-59H2,1-3H3/b11-8-,20-17-,21-18-,34-26-,35-27-,43-40-/t60-/m1/s1. The molecule has 398 valence electrons. The van der Waals surface area contributed by atoms with E-state index in [0.29, 0.717) is 19.3 Å². The van der Waals surface area contributed by atoms with Crippen molar-refractivity contribution >= 4 is 17.9 Å². The molecule has 0 saturated carbocycles. The first kappa shape index (κ1) is 65.8. The van der Waals surface area contributed by atoms with Gasteiger partial charge in [0.05, 0.1) is 0 Å². The number of hydrogen-bond acceptors (Lipinski definition) is 6. The lowest BCUT2D eigenvalue weighted by Crippen LogP contribution is -2.30. The smallest absolute Gasteiger partial charge is 0.306 e. The normalized spacial score (nSPS) is 12.6. The van der Waals surface area contributed by atoms with Crippen molar-refractivity contribution in [3.8, 4) is 0 Å². The summed E-state index contributed by atoms with van der Waals surface area (Å²) < 4.78 is 16.8. The van der Waals surface area contributed by atoms with Crippen LogP contribution >= 0.6 is 0 Å². The highest BCUT2D eigenvalue weighted by molar-refractivity contribution is 5.71. The average molecular weight is 964 g/mol. The molecule has 0 radical (unpaired) electrons. The zero-order valence-electron chi connectivity index (χ0n) is 45.6. The minimum atomic E-state index is -0.799. The van der Waals surface area contributed by atoms with Crippen LogP contribution < -0.4 is 0 Å². The Kier molecular flexibility index (Phi) is 54.8. The van der Waals surface area contributed by atoms with E-state index in [4.69, 9.17) is 14.2 Å². The average Bonchev–Trinajstić information content (AvgIpc) is 3.35. The topological polar surface area (TPSA) is 78.9 Å². The Morgan fingerprint density at radius 2 is 0.565 bits per heavy atom. The monoisotopic (exact) mass is 963 g/mol. The van der Waals surface area contributed by atoms with Gasteiger partial charge >= 0.3 is 17.9 Å². The highest BCUT2D eigenvalue weighted by Gasteiger charge is 2.19. The fourth-order valence-corrected chi connectivity index (χ4v) is 8.29. The minimum absolute atomic E-state index is 0.0922. The van der Waals surface area contributed by atoms with E-state index >= 15 is 0 Å². The van der Waals surface area contributed by atoms with Crippen molar-refractivity contribution in [2.24, 2.45) is 0 Å². The maximum absolute atomic E-state index is 12.8. The van der Waals surface area contributed by atoms with E-state index in [0.717, 1.165) is 109 Å². The molecule has 0 aliphatic heterocycles. The van der Waals surface area contributed by atoms with E-state index in [2.05, 4.69) is 93.7 Å². The van der Waals surface area contributed by atoms with Gasteiger partial charge in [0.25, 0.3) is 0 Å². The molecule has 0 unspecified atom stereocenters. The predicted octanol–water partition coefficient (Wildman–Crippen LogP) is 19.8. The number of carbonyl (C=O) groups is 3. The lowest BCUT2D eigenvalue weighted by atomic mass is 10.0. The second kappa shape index (κ2) is 57.4. The first-order valence-corrected chi connectivity index (χ1v) is 29.4. The van der Waals surface area contributed by atoms with E-state index < -0.39 is 6.10 Å². The molecule has 0 heterocycles. The Labute approximate surface area is 427 Å². The summed E-state index contributed by atoms with van der Waals surface area (Å²) in [5.41, 5.74) is 0. The minimum Gasteiger partial charge on any atom is -0.462 e. The largest absolute Gasteiger partial charge is 0.462 e. The molecule has 0 aromatic carbocycles. The van der Waals surface area contributed by atoms with Gasteiger partial charge in [-0.1, -0.05) is 254 Å². The fourth-order valence-electron chi connectivity index (χ4n) is 8.29. The lowest BCUT2D eigenvalue weighted by molar-refractivity contribution is -0.167. The fraction of sp³-hybridized carbons (Fsp3) is 0.762. The molecule has 69 heavy (non-hydrogen) atoms. The molecular formula is C63H110O6. The Morgan fingerprint density at radius 1 is 0.304 bits per heavy atom. The van der Waals surface area contributed by atoms with Gasteiger partial charge < -0.3 is 14.2 Å². The van der Waals surface area contributed by atoms with Gasteiger partial charge in [0.15, 0.2) is 6.10 Å². The molecule has 0 fully saturated rings. The number of esters is 3. The molecule has 1 atom stereocenters. The van der Waals surface area contributed by atoms with Gasteiger partial charge in [-0.15, -0.1) is 0 Å². The van der Waals surface area contributed by atoms with E-state index in [1.54, 1.807) is 0 Å². The molecule has 0 rings (SSSR count). The van der Waals surface area contributed by atoms with Crippen LogP contribution in [-0.4, -0.2) is 37.2 Å². The van der Waals surface area contributed by atoms with Crippen LogP contribution in [-0.2, 0) is 28.6 Å². The number of allylic oxidation sites excluding steroid dienone is 12. The highest BCUT2D eigenvalue weighted by atomic mass is 16.6. The Morgan fingerprint density at radius 3 is 0.942 bits per heavy atom. The molecule has 6 heteroatoms. The first-order chi connectivity index (χ1) is 34.0. The van der Waals surface area contributed by atoms with Crippen LogP contribution in [0.4, 0.5) is 0 Å². The second-order valence-corrected chi connectivity index (χ2v) is 19.5. The molecule has 0 saturated heterocycles. The quantitative estimate of drug-likeness (QED) is 0.0262. The molecule has 0 amide bonds. The predicted molar refractivity (Wildman–Crippen MR) is 298 cm³/mol. The summed E-state index contributed by atoms with van der Waals surface area (Å²) in [6.07, 6.45) is 73.3. The van der Waals surface area contributed by atoms with Crippen LogP contribution in [0.15, 0.2) is 72.9 Å². The second-order valence-electron chi connectivity index (χ2n) is 19.5. The zero-order valence-corrected chi connectivity index (χ0v) is 45.6. The van der Waals surface area contributed by atoms with Gasteiger partial charge in [-0.05, 0) is 89.9 Å². The Bertz CT molecular complexity index is 1290. The van der Waals surface area contributed by atoms with E-state index in [1.165, 1.54) is 141 Å². The molecule has 0 aliphatic carbocycles. The summed E-state index contributed by atoms with van der Waals surface area (Å²) in [4.78, 5) is 38.2. The molecule has 0 N–H and O–H groups in total. The van der Waals surface area contributed by atoms with Gasteiger partial charge in [0.1, 0.15) is 13.2 Å². The summed E-state index contributed by atoms with van der Waals surface area (Å²) in [7, 11) is 0. The SMILES string of the molecule is CC/C=C\C/C=C\C/C=C\C/C=C\CCCCC(=O)OC[C@H](COC(=O)CCCCCCCCCCCCCCCCCCCCCCC)OC(=O)CCCCCCC/C=C\C/C=C\CCCCC. The van der Waals surface area contributed by atoms with Crippen molar-refractivity contribution in [3.63, 3.8) is 0 Å². The number of ether oxygens (including phenoxy) is 3. The molecule has 0 aliphatic rings. The molecule has 6 nitrogen and oxygen atoms in total. The van der Waals surface area contributed by atoms with E-state index in [-0.39, 0.29) is 31.1 Å². The third kappa shape index (κ3) is 55.6. The highest BCUT2D eigenvalue weighted by Crippen LogP contribution is 2.16. The maximum Gasteiger partial charge on any atom is 0.306 e. The Hall–Kier alpha value is -3.15. The van der Waals surface area contributed by atoms with Crippen molar-refractivity contribution in [1.29, 1.82) is 0 Å². The van der Waals surface area contributed by atoms with Gasteiger partial charge in [0.2, 0.25) is 0 Å². The van der Waals surface area contributed by atoms with Crippen LogP contribution in [0.25, 0.3) is 0 Å². The van der Waals surface area contributed by atoms with Crippen molar-refractivity contribution in [3.05, 3.63) is 72.9 Å². The zero-order chi connectivity index (χ0) is 50.0. The number of carbonyl (C=O) groups excluding carboxylic acids is 3. The van der Waals surface area contributed by atoms with Crippen LogP contribution in [0.3, 0.4) is 0 Å². The van der Waals surface area contributed by atoms with Gasteiger partial charge in [-0.3, -0.25) is 14.4 Å². The molecular weight excluding hydrogens is 853 g/mol. The third-order valence-corrected chi connectivity index (χ3v) is 12.7. The van der Waals surface area contributed by atoms with Gasteiger partial charge in [0, 0.05) is 19.3 Å². The van der Waals surface area contributed by atoms with Crippen molar-refractivity contribution in [2.45, 2.75) is 297 Å². The summed E-state index contributed by atoms with van der Waals surface area (Å²) in [6.45, 7) is 6.48. The summed E-state index contributed by atoms with van der Waals surface area (Å²) in [5.74, 6) is -0.939. The van der Waals surface area contributed by atoms with E-state index in [1.807, 2.05) is 0 Å². The van der Waals surface area contributed by atoms with Crippen LogP contribution in [0.5, 0.6) is 0 Å².